The summed E-state index contributed by atoms with van der Waals surface area (Å²) in [6, 6.07) is 1.23. The zero-order chi connectivity index (χ0) is 10.2. The summed E-state index contributed by atoms with van der Waals surface area (Å²) in [6.45, 7) is 0. The summed E-state index contributed by atoms with van der Waals surface area (Å²) in [6.07, 6.45) is 0. The molecule has 0 fully saturated rings. The Hall–Kier alpha value is -0.530. The maximum Gasteiger partial charge on any atom is 0.239 e. The molecule has 72 valence electrons. The molecule has 0 saturated heterocycles. The first-order valence-corrected chi connectivity index (χ1v) is 5.33. The number of sulfonamides is 1. The van der Waals surface area contributed by atoms with Gasteiger partial charge in [0.2, 0.25) is 10.0 Å². The standard InChI is InChI=1S/C6H4BrF2NO2S/c7-3-1-4(8)5(9)2-6(3)13(10,11)12/h1-2H,(H2,10,11,12). The first-order chi connectivity index (χ1) is 5.82. The largest absolute Gasteiger partial charge is 0.239 e. The van der Waals surface area contributed by atoms with Crippen molar-refractivity contribution in [2.45, 2.75) is 4.90 Å². The molecule has 0 spiro atoms. The summed E-state index contributed by atoms with van der Waals surface area (Å²) in [5.74, 6) is -2.40. The van der Waals surface area contributed by atoms with Crippen molar-refractivity contribution in [3.63, 3.8) is 0 Å². The van der Waals surface area contributed by atoms with Gasteiger partial charge in [0.1, 0.15) is 0 Å². The lowest BCUT2D eigenvalue weighted by molar-refractivity contribution is 0.503. The van der Waals surface area contributed by atoms with Gasteiger partial charge in [-0.25, -0.2) is 22.3 Å². The average Bonchev–Trinajstić information content (AvgIpc) is 1.94. The lowest BCUT2D eigenvalue weighted by Gasteiger charge is -2.01. The number of hydrogen-bond donors (Lipinski definition) is 1. The minimum absolute atomic E-state index is 0.103. The molecule has 0 saturated carbocycles. The van der Waals surface area contributed by atoms with E-state index in [0.717, 1.165) is 0 Å². The maximum atomic E-state index is 12.6. The van der Waals surface area contributed by atoms with Crippen LogP contribution in [0, 0.1) is 11.6 Å². The van der Waals surface area contributed by atoms with Crippen LogP contribution in [0.1, 0.15) is 0 Å². The minimum Gasteiger partial charge on any atom is -0.225 e. The molecule has 0 heterocycles. The SMILES string of the molecule is NS(=O)(=O)c1cc(F)c(F)cc1Br. The van der Waals surface area contributed by atoms with Crippen LogP contribution in [0.4, 0.5) is 8.78 Å². The number of primary sulfonamides is 1. The van der Waals surface area contributed by atoms with E-state index in [-0.39, 0.29) is 4.47 Å². The highest BCUT2D eigenvalue weighted by atomic mass is 79.9. The number of hydrogen-bond acceptors (Lipinski definition) is 2. The Bertz CT molecular complexity index is 446. The van der Waals surface area contributed by atoms with E-state index in [1.807, 2.05) is 0 Å². The molecule has 7 heteroatoms. The van der Waals surface area contributed by atoms with E-state index in [2.05, 4.69) is 15.9 Å². The van der Waals surface area contributed by atoms with Crippen molar-refractivity contribution in [1.82, 2.24) is 0 Å². The van der Waals surface area contributed by atoms with E-state index in [0.29, 0.717) is 12.1 Å². The molecule has 0 radical (unpaired) electrons. The summed E-state index contributed by atoms with van der Waals surface area (Å²) in [4.78, 5) is -0.480. The molecule has 3 nitrogen and oxygen atoms in total. The number of nitrogens with two attached hydrogens (primary N) is 1. The van der Waals surface area contributed by atoms with Crippen molar-refractivity contribution < 1.29 is 17.2 Å². The zero-order valence-electron chi connectivity index (χ0n) is 6.09. The van der Waals surface area contributed by atoms with Gasteiger partial charge in [-0.3, -0.25) is 0 Å². The fourth-order valence-corrected chi connectivity index (χ4v) is 2.31. The summed E-state index contributed by atoms with van der Waals surface area (Å²) in [7, 11) is -4.03. The van der Waals surface area contributed by atoms with Crippen LogP contribution in [0.2, 0.25) is 0 Å². The molecule has 1 aromatic carbocycles. The van der Waals surface area contributed by atoms with Gasteiger partial charge in [-0.1, -0.05) is 0 Å². The van der Waals surface area contributed by atoms with Crippen molar-refractivity contribution >= 4 is 26.0 Å². The smallest absolute Gasteiger partial charge is 0.225 e. The van der Waals surface area contributed by atoms with Gasteiger partial charge >= 0.3 is 0 Å². The molecule has 0 aliphatic rings. The highest BCUT2D eigenvalue weighted by molar-refractivity contribution is 9.10. The van der Waals surface area contributed by atoms with Crippen LogP contribution in [0.15, 0.2) is 21.5 Å². The highest BCUT2D eigenvalue weighted by Gasteiger charge is 2.16. The molecule has 0 unspecified atom stereocenters. The predicted octanol–water partition coefficient (Wildman–Crippen LogP) is 1.37. The number of halogens is 3. The first-order valence-electron chi connectivity index (χ1n) is 2.99. The lowest BCUT2D eigenvalue weighted by atomic mass is 10.3. The van der Waals surface area contributed by atoms with Crippen LogP contribution in [0.3, 0.4) is 0 Å². The Balaban J connectivity index is 3.50. The normalized spacial score (nSPS) is 11.7. The summed E-state index contributed by atoms with van der Waals surface area (Å²) < 4.78 is 46.5. The second kappa shape index (κ2) is 3.32. The van der Waals surface area contributed by atoms with Crippen molar-refractivity contribution in [2.24, 2.45) is 5.14 Å². The molecule has 0 aliphatic carbocycles. The quantitative estimate of drug-likeness (QED) is 0.785. The van der Waals surface area contributed by atoms with Crippen LogP contribution in [-0.2, 0) is 10.0 Å². The van der Waals surface area contributed by atoms with Crippen molar-refractivity contribution in [3.05, 3.63) is 28.2 Å². The highest BCUT2D eigenvalue weighted by Crippen LogP contribution is 2.23. The molecular formula is C6H4BrF2NO2S. The van der Waals surface area contributed by atoms with Crippen LogP contribution >= 0.6 is 15.9 Å². The summed E-state index contributed by atoms with van der Waals surface area (Å²) >= 11 is 2.75. The van der Waals surface area contributed by atoms with Gasteiger partial charge in [0.05, 0.1) is 4.90 Å². The molecule has 1 aromatic rings. The molecule has 0 amide bonds. The van der Waals surface area contributed by atoms with Gasteiger partial charge in [-0.15, -0.1) is 0 Å². The van der Waals surface area contributed by atoms with E-state index in [1.165, 1.54) is 0 Å². The van der Waals surface area contributed by atoms with E-state index in [4.69, 9.17) is 5.14 Å². The predicted molar refractivity (Wildman–Crippen MR) is 45.4 cm³/mol. The molecule has 13 heavy (non-hydrogen) atoms. The number of rotatable bonds is 1. The number of benzene rings is 1. The van der Waals surface area contributed by atoms with Gasteiger partial charge in [0, 0.05) is 4.47 Å². The van der Waals surface area contributed by atoms with E-state index < -0.39 is 26.6 Å². The topological polar surface area (TPSA) is 60.2 Å². The fourth-order valence-electron chi connectivity index (χ4n) is 0.722. The molecule has 0 aliphatic heterocycles. The monoisotopic (exact) mass is 271 g/mol. The summed E-state index contributed by atoms with van der Waals surface area (Å²) in [5, 5.41) is 4.73. The Labute approximate surface area is 81.7 Å². The third kappa shape index (κ3) is 2.23. The van der Waals surface area contributed by atoms with Gasteiger partial charge in [-0.2, -0.15) is 0 Å². The molecule has 1 rings (SSSR count). The van der Waals surface area contributed by atoms with E-state index >= 15 is 0 Å². The second-order valence-electron chi connectivity index (χ2n) is 2.24. The molecule has 0 bridgehead atoms. The van der Waals surface area contributed by atoms with Gasteiger partial charge in [-0.05, 0) is 28.1 Å². The summed E-state index contributed by atoms with van der Waals surface area (Å²) in [5.41, 5.74) is 0. The van der Waals surface area contributed by atoms with Crippen LogP contribution < -0.4 is 5.14 Å². The average molecular weight is 272 g/mol. The van der Waals surface area contributed by atoms with Crippen molar-refractivity contribution in [1.29, 1.82) is 0 Å². The first kappa shape index (κ1) is 10.6. The second-order valence-corrected chi connectivity index (χ2v) is 4.63. The Morgan fingerprint density at radius 2 is 1.69 bits per heavy atom. The van der Waals surface area contributed by atoms with E-state index in [9.17, 15) is 17.2 Å². The van der Waals surface area contributed by atoms with E-state index in [1.54, 1.807) is 0 Å². The Morgan fingerprint density at radius 3 is 2.15 bits per heavy atom. The Kier molecular flexibility index (Phi) is 2.69. The maximum absolute atomic E-state index is 12.6. The molecular weight excluding hydrogens is 268 g/mol. The fraction of sp³-hybridized carbons (Fsp3) is 0. The van der Waals surface area contributed by atoms with Crippen LogP contribution in [0.5, 0.6) is 0 Å². The Morgan fingerprint density at radius 1 is 1.23 bits per heavy atom. The van der Waals surface area contributed by atoms with Gasteiger partial charge in [0.15, 0.2) is 11.6 Å². The molecule has 0 aromatic heterocycles. The van der Waals surface area contributed by atoms with Crippen molar-refractivity contribution in [3.8, 4) is 0 Å². The van der Waals surface area contributed by atoms with Crippen molar-refractivity contribution in [2.75, 3.05) is 0 Å². The zero-order valence-corrected chi connectivity index (χ0v) is 8.49. The molecule has 0 atom stereocenters. The molecule has 2 N–H and O–H groups in total. The van der Waals surface area contributed by atoms with Gasteiger partial charge in [0.25, 0.3) is 0 Å². The third-order valence-corrected chi connectivity index (χ3v) is 3.15. The van der Waals surface area contributed by atoms with Crippen LogP contribution in [-0.4, -0.2) is 8.42 Å². The minimum atomic E-state index is -4.03. The van der Waals surface area contributed by atoms with Crippen LogP contribution in [0.25, 0.3) is 0 Å². The van der Waals surface area contributed by atoms with Gasteiger partial charge < -0.3 is 0 Å². The third-order valence-electron chi connectivity index (χ3n) is 1.28. The lowest BCUT2D eigenvalue weighted by Crippen LogP contribution is -2.13.